The van der Waals surface area contributed by atoms with Crippen molar-refractivity contribution < 1.29 is 19.1 Å². The molecule has 0 aliphatic rings. The molecule has 92 valence electrons. The Bertz CT molecular complexity index is 442. The number of anilines is 1. The van der Waals surface area contributed by atoms with Gasteiger partial charge in [0, 0.05) is 4.47 Å². The summed E-state index contributed by atoms with van der Waals surface area (Å²) >= 11 is 4.11. The molecule has 4 nitrogen and oxygen atoms in total. The molecule has 1 amide bonds. The molecule has 0 spiro atoms. The fourth-order valence-corrected chi connectivity index (χ4v) is 1.99. The summed E-state index contributed by atoms with van der Waals surface area (Å²) in [5, 5.41) is 10.9. The maximum Gasteiger partial charge on any atom is 0.313 e. The molecule has 0 heterocycles. The summed E-state index contributed by atoms with van der Waals surface area (Å²) in [6.07, 6.45) is 0. The second-order valence-corrected chi connectivity index (χ2v) is 4.90. The summed E-state index contributed by atoms with van der Waals surface area (Å²) in [7, 11) is 0. The minimum absolute atomic E-state index is 0.0378. The van der Waals surface area contributed by atoms with Crippen molar-refractivity contribution in [3.05, 3.63) is 28.5 Å². The quantitative estimate of drug-likeness (QED) is 0.873. The molecule has 17 heavy (non-hydrogen) atoms. The van der Waals surface area contributed by atoms with E-state index in [9.17, 15) is 14.0 Å². The smallest absolute Gasteiger partial charge is 0.313 e. The molecule has 0 aliphatic heterocycles. The predicted octanol–water partition coefficient (Wildman–Crippen LogP) is 2.34. The van der Waals surface area contributed by atoms with Crippen LogP contribution in [0.4, 0.5) is 10.1 Å². The van der Waals surface area contributed by atoms with Gasteiger partial charge in [0.1, 0.15) is 5.82 Å². The van der Waals surface area contributed by atoms with Crippen molar-refractivity contribution in [1.82, 2.24) is 0 Å². The molecule has 1 aromatic carbocycles. The lowest BCUT2D eigenvalue weighted by Gasteiger charge is -2.06. The lowest BCUT2D eigenvalue weighted by Crippen LogP contribution is -2.15. The maximum absolute atomic E-state index is 12.8. The normalized spacial score (nSPS) is 10.0. The van der Waals surface area contributed by atoms with Crippen molar-refractivity contribution in [2.24, 2.45) is 0 Å². The van der Waals surface area contributed by atoms with Crippen molar-refractivity contribution in [2.75, 3.05) is 16.8 Å². The fourth-order valence-electron chi connectivity index (χ4n) is 1.01. The first-order valence-corrected chi connectivity index (χ1v) is 6.48. The largest absolute Gasteiger partial charge is 0.481 e. The van der Waals surface area contributed by atoms with E-state index in [0.29, 0.717) is 10.2 Å². The van der Waals surface area contributed by atoms with Gasteiger partial charge in [0.15, 0.2) is 0 Å². The molecule has 0 aliphatic carbocycles. The molecular formula is C10H9BrFNO3S. The van der Waals surface area contributed by atoms with Crippen molar-refractivity contribution in [2.45, 2.75) is 0 Å². The summed E-state index contributed by atoms with van der Waals surface area (Å²) in [4.78, 5) is 21.6. The topological polar surface area (TPSA) is 66.4 Å². The Morgan fingerprint density at radius 1 is 1.41 bits per heavy atom. The lowest BCUT2D eigenvalue weighted by atomic mass is 10.3. The Hall–Kier alpha value is -1.08. The van der Waals surface area contributed by atoms with Gasteiger partial charge in [-0.3, -0.25) is 9.59 Å². The average molecular weight is 322 g/mol. The first kappa shape index (κ1) is 14.0. The highest BCUT2D eigenvalue weighted by Gasteiger charge is 2.07. The van der Waals surface area contributed by atoms with Gasteiger partial charge in [-0.05, 0) is 34.1 Å². The van der Waals surface area contributed by atoms with Gasteiger partial charge in [-0.2, -0.15) is 0 Å². The van der Waals surface area contributed by atoms with Crippen LogP contribution < -0.4 is 5.32 Å². The van der Waals surface area contributed by atoms with Gasteiger partial charge >= 0.3 is 5.97 Å². The maximum atomic E-state index is 12.8. The second-order valence-electron chi connectivity index (χ2n) is 3.06. The lowest BCUT2D eigenvalue weighted by molar-refractivity contribution is -0.133. The van der Waals surface area contributed by atoms with Crippen LogP contribution in [0, 0.1) is 5.82 Å². The molecule has 7 heteroatoms. The summed E-state index contributed by atoms with van der Waals surface area (Å²) in [6.45, 7) is 0. The number of carboxylic acids is 1. The zero-order chi connectivity index (χ0) is 12.8. The third kappa shape index (κ3) is 5.18. The molecule has 0 atom stereocenters. The SMILES string of the molecule is O=C(O)CSCC(=O)Nc1ccc(F)cc1Br. The fraction of sp³-hybridized carbons (Fsp3) is 0.200. The Morgan fingerprint density at radius 2 is 2.12 bits per heavy atom. The number of carbonyl (C=O) groups excluding carboxylic acids is 1. The molecule has 2 N–H and O–H groups in total. The van der Waals surface area contributed by atoms with Crippen molar-refractivity contribution >= 4 is 45.3 Å². The molecule has 1 rings (SSSR count). The molecule has 1 aromatic rings. The molecule has 0 saturated carbocycles. The van der Waals surface area contributed by atoms with Crippen LogP contribution in [0.25, 0.3) is 0 Å². The summed E-state index contributed by atoms with van der Waals surface area (Å²) in [5.41, 5.74) is 0.451. The van der Waals surface area contributed by atoms with Crippen LogP contribution >= 0.6 is 27.7 Å². The van der Waals surface area contributed by atoms with Crippen molar-refractivity contribution in [3.8, 4) is 0 Å². The summed E-state index contributed by atoms with van der Waals surface area (Å²) < 4.78 is 13.2. The van der Waals surface area contributed by atoms with Gasteiger partial charge in [-0.15, -0.1) is 11.8 Å². The summed E-state index contributed by atoms with van der Waals surface area (Å²) in [6, 6.07) is 3.89. The van der Waals surface area contributed by atoms with E-state index in [4.69, 9.17) is 5.11 Å². The first-order valence-electron chi connectivity index (χ1n) is 4.53. The Balaban J connectivity index is 2.48. The van der Waals surface area contributed by atoms with Crippen LogP contribution in [0.15, 0.2) is 22.7 Å². The van der Waals surface area contributed by atoms with Gasteiger partial charge in [0.2, 0.25) is 5.91 Å². The molecule has 0 unspecified atom stereocenters. The van der Waals surface area contributed by atoms with E-state index in [2.05, 4.69) is 21.2 Å². The first-order chi connectivity index (χ1) is 7.99. The Kier molecular flexibility index (Phi) is 5.43. The van der Waals surface area contributed by atoms with Crippen LogP contribution in [-0.2, 0) is 9.59 Å². The molecule has 0 aromatic heterocycles. The third-order valence-electron chi connectivity index (χ3n) is 1.66. The number of aliphatic carboxylic acids is 1. The van der Waals surface area contributed by atoms with E-state index < -0.39 is 11.8 Å². The van der Waals surface area contributed by atoms with E-state index in [-0.39, 0.29) is 17.4 Å². The van der Waals surface area contributed by atoms with Gasteiger partial charge in [0.25, 0.3) is 0 Å². The standard InChI is InChI=1S/C10H9BrFNO3S/c11-7-3-6(12)1-2-8(7)13-9(14)4-17-5-10(15)16/h1-3H,4-5H2,(H,13,14)(H,15,16). The van der Waals surface area contributed by atoms with Gasteiger partial charge in [-0.1, -0.05) is 0 Å². The van der Waals surface area contributed by atoms with E-state index in [0.717, 1.165) is 11.8 Å². The Morgan fingerprint density at radius 3 is 2.71 bits per heavy atom. The average Bonchev–Trinajstić information content (AvgIpc) is 2.21. The molecule has 0 radical (unpaired) electrons. The molecule has 0 saturated heterocycles. The zero-order valence-electron chi connectivity index (χ0n) is 8.57. The minimum atomic E-state index is -0.967. The van der Waals surface area contributed by atoms with Crippen LogP contribution in [0.3, 0.4) is 0 Å². The number of hydrogen-bond acceptors (Lipinski definition) is 3. The highest BCUT2D eigenvalue weighted by Crippen LogP contribution is 2.23. The van der Waals surface area contributed by atoms with E-state index >= 15 is 0 Å². The number of nitrogens with one attached hydrogen (secondary N) is 1. The highest BCUT2D eigenvalue weighted by atomic mass is 79.9. The van der Waals surface area contributed by atoms with E-state index in [1.54, 1.807) is 0 Å². The van der Waals surface area contributed by atoms with Crippen molar-refractivity contribution in [1.29, 1.82) is 0 Å². The molecule has 0 bridgehead atoms. The van der Waals surface area contributed by atoms with E-state index in [1.165, 1.54) is 18.2 Å². The van der Waals surface area contributed by atoms with Crippen LogP contribution in [0.5, 0.6) is 0 Å². The second kappa shape index (κ2) is 6.61. The third-order valence-corrected chi connectivity index (χ3v) is 3.24. The monoisotopic (exact) mass is 321 g/mol. The highest BCUT2D eigenvalue weighted by molar-refractivity contribution is 9.10. The number of halogens is 2. The minimum Gasteiger partial charge on any atom is -0.481 e. The van der Waals surface area contributed by atoms with E-state index in [1.807, 2.05) is 0 Å². The van der Waals surface area contributed by atoms with Crippen LogP contribution in [-0.4, -0.2) is 28.5 Å². The van der Waals surface area contributed by atoms with Crippen LogP contribution in [0.1, 0.15) is 0 Å². The van der Waals surface area contributed by atoms with Gasteiger partial charge < -0.3 is 10.4 Å². The number of benzene rings is 1. The summed E-state index contributed by atoms with van der Waals surface area (Å²) in [5.74, 6) is -1.79. The molecular weight excluding hydrogens is 313 g/mol. The van der Waals surface area contributed by atoms with Crippen molar-refractivity contribution in [3.63, 3.8) is 0 Å². The number of thioether (sulfide) groups is 1. The number of rotatable bonds is 5. The van der Waals surface area contributed by atoms with Gasteiger partial charge in [0.05, 0.1) is 17.2 Å². The number of amides is 1. The number of carbonyl (C=O) groups is 2. The zero-order valence-corrected chi connectivity index (χ0v) is 11.0. The number of hydrogen-bond donors (Lipinski definition) is 2. The Labute approximate surface area is 110 Å². The van der Waals surface area contributed by atoms with Crippen LogP contribution in [0.2, 0.25) is 0 Å². The molecule has 0 fully saturated rings. The van der Waals surface area contributed by atoms with Gasteiger partial charge in [-0.25, -0.2) is 4.39 Å². The number of carboxylic acid groups (broad SMARTS) is 1. The predicted molar refractivity (Wildman–Crippen MR) is 67.7 cm³/mol.